The summed E-state index contributed by atoms with van der Waals surface area (Å²) < 4.78 is 5.86. The van der Waals surface area contributed by atoms with Gasteiger partial charge in [0.1, 0.15) is 24.4 Å². The van der Waals surface area contributed by atoms with Crippen molar-refractivity contribution in [2.75, 3.05) is 13.2 Å². The van der Waals surface area contributed by atoms with E-state index in [4.69, 9.17) is 27.8 Å². The van der Waals surface area contributed by atoms with Gasteiger partial charge in [-0.3, -0.25) is 19.2 Å². The molecular weight excluding hydrogens is 716 g/mol. The van der Waals surface area contributed by atoms with Crippen LogP contribution in [0.15, 0.2) is 41.9 Å². The summed E-state index contributed by atoms with van der Waals surface area (Å²) in [6, 6.07) is 9.12. The second-order valence-corrected chi connectivity index (χ2v) is 16.3. The number of hydrogen-bond donors (Lipinski definition) is 5. The maximum Gasteiger partial charge on any atom is 0.246 e. The third kappa shape index (κ3) is 11.5. The second-order valence-electron chi connectivity index (χ2n) is 15.0. The maximum absolute atomic E-state index is 14.1. The van der Waals surface area contributed by atoms with Gasteiger partial charge in [0.15, 0.2) is 0 Å². The number of halogens is 1. The van der Waals surface area contributed by atoms with Crippen LogP contribution < -0.4 is 26.8 Å². The van der Waals surface area contributed by atoms with Crippen molar-refractivity contribution in [1.82, 2.24) is 20.5 Å². The minimum Gasteiger partial charge on any atom is -0.490 e. The van der Waals surface area contributed by atoms with Crippen LogP contribution in [0, 0.1) is 19.3 Å². The van der Waals surface area contributed by atoms with Crippen LogP contribution in [0.1, 0.15) is 88.2 Å². The molecule has 2 heterocycles. The van der Waals surface area contributed by atoms with Crippen molar-refractivity contribution >= 4 is 46.6 Å². The van der Waals surface area contributed by atoms with Crippen molar-refractivity contribution in [1.29, 1.82) is 0 Å². The normalized spacial score (nSPS) is 17.6. The topological polar surface area (TPSA) is 190 Å². The van der Waals surface area contributed by atoms with E-state index in [2.05, 4.69) is 15.6 Å². The first-order valence-electron chi connectivity index (χ1n) is 18.0. The molecule has 0 spiro atoms. The van der Waals surface area contributed by atoms with E-state index in [0.717, 1.165) is 32.8 Å². The summed E-state index contributed by atoms with van der Waals surface area (Å²) in [6.45, 7) is 11.5. The number of hydrogen-bond acceptors (Lipinski definition) is 9. The van der Waals surface area contributed by atoms with Crippen LogP contribution in [0.5, 0.6) is 5.75 Å². The predicted molar refractivity (Wildman–Crippen MR) is 207 cm³/mol. The van der Waals surface area contributed by atoms with Gasteiger partial charge in [-0.1, -0.05) is 62.7 Å². The Morgan fingerprint density at radius 3 is 2.43 bits per heavy atom. The van der Waals surface area contributed by atoms with Crippen LogP contribution in [0.4, 0.5) is 0 Å². The molecule has 1 aliphatic heterocycles. The van der Waals surface area contributed by atoms with Crippen LogP contribution in [0.2, 0.25) is 5.02 Å². The first-order chi connectivity index (χ1) is 24.9. The first kappa shape index (κ1) is 41.7. The molecule has 1 fully saturated rings. The van der Waals surface area contributed by atoms with Crippen molar-refractivity contribution in [3.05, 3.63) is 69.3 Å². The Balaban J connectivity index is 1.35. The van der Waals surface area contributed by atoms with Gasteiger partial charge in [0.25, 0.3) is 0 Å². The number of β-amino-alcohol motifs (C(OH)–C–C–N with tert-alkyl or cyclic N) is 1. The molecule has 14 heteroatoms. The Bertz CT molecular complexity index is 1760. The molecule has 1 saturated heterocycles. The quantitative estimate of drug-likeness (QED) is 0.138. The molecule has 3 aromatic rings. The lowest BCUT2D eigenvalue weighted by molar-refractivity contribution is -0.144. The standard InChI is InChI=1S/C39H53ClN6O6S/c1-22-16-27(34(40)31(17-22)52-20-28(41)14-15-32(42)48)8-7-9-33(49)45-36(39(4,5)6)38(51)46-19-29(47)18-30(46)37(50)44-23(2)25-10-12-26(13-11-25)35-24(3)43-21-53-35/h10-13,16-17,21,23,28-30,36,47H,7-9,14-15,18-20,41H2,1-6H3,(H2,42,48)(H,44,50)(H,45,49)/t23?,28?,29-,30+,36?/m1/s1. The van der Waals surface area contributed by atoms with Crippen LogP contribution in [-0.4, -0.2) is 76.0 Å². The van der Waals surface area contributed by atoms with Crippen LogP contribution in [0.25, 0.3) is 10.4 Å². The Morgan fingerprint density at radius 2 is 1.81 bits per heavy atom. The smallest absolute Gasteiger partial charge is 0.246 e. The summed E-state index contributed by atoms with van der Waals surface area (Å²) in [4.78, 5) is 58.9. The Morgan fingerprint density at radius 1 is 1.11 bits per heavy atom. The van der Waals surface area contributed by atoms with Crippen molar-refractivity contribution in [3.63, 3.8) is 0 Å². The molecule has 53 heavy (non-hydrogen) atoms. The van der Waals surface area contributed by atoms with E-state index in [9.17, 15) is 24.3 Å². The number of nitrogens with one attached hydrogen (secondary N) is 2. The van der Waals surface area contributed by atoms with Gasteiger partial charge in [-0.05, 0) is 73.8 Å². The molecule has 5 atom stereocenters. The molecular formula is C39H53ClN6O6S. The van der Waals surface area contributed by atoms with Crippen molar-refractivity contribution in [2.24, 2.45) is 16.9 Å². The lowest BCUT2D eigenvalue weighted by atomic mass is 9.85. The molecule has 0 bridgehead atoms. The van der Waals surface area contributed by atoms with E-state index in [1.165, 1.54) is 4.90 Å². The van der Waals surface area contributed by atoms with Crippen molar-refractivity contribution in [2.45, 2.75) is 110 Å². The SMILES string of the molecule is Cc1cc(CCCC(=O)NC(C(=O)N2C[C@H](O)C[C@H]2C(=O)NC(C)c2ccc(-c3scnc3C)cc2)C(C)(C)C)c(Cl)c(OCC(N)CCC(N)=O)c1. The highest BCUT2D eigenvalue weighted by Crippen LogP contribution is 2.32. The molecule has 12 nitrogen and oxygen atoms in total. The number of carbonyl (C=O) groups excluding carboxylic acids is 4. The monoisotopic (exact) mass is 768 g/mol. The van der Waals surface area contributed by atoms with E-state index >= 15 is 0 Å². The fourth-order valence-electron chi connectivity index (χ4n) is 6.39. The number of ether oxygens (including phenoxy) is 1. The molecule has 288 valence electrons. The molecule has 7 N–H and O–H groups in total. The summed E-state index contributed by atoms with van der Waals surface area (Å²) in [5.74, 6) is -1.05. The van der Waals surface area contributed by atoms with Gasteiger partial charge in [0.05, 0.1) is 33.3 Å². The Hall–Kier alpha value is -4.04. The minimum absolute atomic E-state index is 0.0110. The molecule has 4 rings (SSSR count). The molecule has 1 aliphatic rings. The average molecular weight is 769 g/mol. The average Bonchev–Trinajstić information content (AvgIpc) is 3.71. The van der Waals surface area contributed by atoms with Gasteiger partial charge in [-0.2, -0.15) is 0 Å². The number of amides is 4. The van der Waals surface area contributed by atoms with Crippen LogP contribution >= 0.6 is 22.9 Å². The zero-order valence-electron chi connectivity index (χ0n) is 31.4. The van der Waals surface area contributed by atoms with E-state index < -0.39 is 35.4 Å². The third-order valence-corrected chi connectivity index (χ3v) is 10.8. The number of benzene rings is 2. The fraction of sp³-hybridized carbons (Fsp3) is 0.513. The van der Waals surface area contributed by atoms with Crippen LogP contribution in [0.3, 0.4) is 0 Å². The lowest BCUT2D eigenvalue weighted by Crippen LogP contribution is -2.57. The third-order valence-electron chi connectivity index (χ3n) is 9.38. The van der Waals surface area contributed by atoms with Gasteiger partial charge in [0.2, 0.25) is 23.6 Å². The van der Waals surface area contributed by atoms with Crippen molar-refractivity contribution in [3.8, 4) is 16.2 Å². The Labute approximate surface area is 321 Å². The highest BCUT2D eigenvalue weighted by atomic mass is 35.5. The van der Waals surface area contributed by atoms with E-state index in [1.807, 2.05) is 83.5 Å². The van der Waals surface area contributed by atoms with Gasteiger partial charge >= 0.3 is 0 Å². The number of nitrogens with two attached hydrogens (primary N) is 2. The van der Waals surface area contributed by atoms with Crippen LogP contribution in [-0.2, 0) is 25.6 Å². The number of aromatic nitrogens is 1. The lowest BCUT2D eigenvalue weighted by Gasteiger charge is -2.35. The zero-order chi connectivity index (χ0) is 39.0. The molecule has 0 saturated carbocycles. The molecule has 1 aromatic heterocycles. The maximum atomic E-state index is 14.1. The Kier molecular flexibility index (Phi) is 14.4. The largest absolute Gasteiger partial charge is 0.490 e. The van der Waals surface area contributed by atoms with Gasteiger partial charge in [-0.15, -0.1) is 11.3 Å². The molecule has 0 radical (unpaired) electrons. The number of thiazole rings is 1. The second kappa shape index (κ2) is 18.3. The molecule has 2 aromatic carbocycles. The number of aryl methyl sites for hydroxylation is 3. The summed E-state index contributed by atoms with van der Waals surface area (Å²) in [7, 11) is 0. The van der Waals surface area contributed by atoms with Gasteiger partial charge < -0.3 is 36.8 Å². The first-order valence-corrected chi connectivity index (χ1v) is 19.2. The number of nitrogens with zero attached hydrogens (tertiary/aromatic N) is 2. The highest BCUT2D eigenvalue weighted by Gasteiger charge is 2.44. The van der Waals surface area contributed by atoms with E-state index in [-0.39, 0.29) is 56.3 Å². The van der Waals surface area contributed by atoms with E-state index in [1.54, 1.807) is 11.3 Å². The summed E-state index contributed by atoms with van der Waals surface area (Å²) >= 11 is 8.24. The summed E-state index contributed by atoms with van der Waals surface area (Å²) in [5.41, 5.74) is 17.0. The number of rotatable bonds is 16. The fourth-order valence-corrected chi connectivity index (χ4v) is 7.46. The number of aliphatic hydroxyl groups is 1. The van der Waals surface area contributed by atoms with Gasteiger partial charge in [-0.25, -0.2) is 4.98 Å². The predicted octanol–water partition coefficient (Wildman–Crippen LogP) is 4.74. The molecule has 4 amide bonds. The zero-order valence-corrected chi connectivity index (χ0v) is 33.0. The number of likely N-dealkylation sites (tertiary alicyclic amines) is 1. The molecule has 3 unspecified atom stereocenters. The van der Waals surface area contributed by atoms with Gasteiger partial charge in [0, 0.05) is 31.8 Å². The minimum atomic E-state index is -0.933. The number of carbonyl (C=O) groups is 4. The summed E-state index contributed by atoms with van der Waals surface area (Å²) in [5, 5.41) is 17.0. The van der Waals surface area contributed by atoms with Crippen molar-refractivity contribution < 1.29 is 29.0 Å². The highest BCUT2D eigenvalue weighted by molar-refractivity contribution is 7.13. The summed E-state index contributed by atoms with van der Waals surface area (Å²) in [6.07, 6.45) is 0.855. The molecule has 0 aliphatic carbocycles. The number of aliphatic hydroxyl groups excluding tert-OH is 1. The van der Waals surface area contributed by atoms with E-state index in [0.29, 0.717) is 30.0 Å². The number of primary amides is 1.